The molecular formula is C17H12F4N4S. The number of hydrogen-bond donors (Lipinski definition) is 0. The van der Waals surface area contributed by atoms with Gasteiger partial charge in [0, 0.05) is 13.0 Å². The van der Waals surface area contributed by atoms with Crippen molar-refractivity contribution in [2.75, 3.05) is 0 Å². The molecule has 4 nitrogen and oxygen atoms in total. The van der Waals surface area contributed by atoms with Crippen LogP contribution >= 0.6 is 11.8 Å². The Hall–Kier alpha value is -2.68. The van der Waals surface area contributed by atoms with Gasteiger partial charge >= 0.3 is 0 Å². The highest BCUT2D eigenvalue weighted by atomic mass is 32.2. The maximum Gasteiger partial charge on any atom is 0.252 e. The van der Waals surface area contributed by atoms with Crippen molar-refractivity contribution in [1.29, 1.82) is 0 Å². The molecule has 0 N–H and O–H groups in total. The number of aromatic nitrogens is 4. The van der Waals surface area contributed by atoms with Crippen molar-refractivity contribution in [3.8, 4) is 0 Å². The predicted molar refractivity (Wildman–Crippen MR) is 87.7 cm³/mol. The summed E-state index contributed by atoms with van der Waals surface area (Å²) in [6, 6.07) is 9.40. The largest absolute Gasteiger partial charge is 0.302 e. The Morgan fingerprint density at radius 2 is 1.65 bits per heavy atom. The van der Waals surface area contributed by atoms with E-state index in [4.69, 9.17) is 0 Å². The number of pyridine rings is 1. The fourth-order valence-corrected chi connectivity index (χ4v) is 3.17. The molecular weight excluding hydrogens is 368 g/mol. The monoisotopic (exact) mass is 380 g/mol. The van der Waals surface area contributed by atoms with Gasteiger partial charge in [0.2, 0.25) is 0 Å². The Kier molecular flexibility index (Phi) is 5.36. The predicted octanol–water partition coefficient (Wildman–Crippen LogP) is 4.16. The molecule has 2 heterocycles. The van der Waals surface area contributed by atoms with E-state index >= 15 is 0 Å². The van der Waals surface area contributed by atoms with Crippen LogP contribution in [-0.2, 0) is 13.0 Å². The Bertz CT molecular complexity index is 917. The first-order valence-electron chi connectivity index (χ1n) is 7.46. The molecule has 0 amide bonds. The molecule has 0 fully saturated rings. The molecule has 134 valence electrons. The van der Waals surface area contributed by atoms with Crippen LogP contribution in [0.3, 0.4) is 0 Å². The average molecular weight is 380 g/mol. The Morgan fingerprint density at radius 1 is 1.00 bits per heavy atom. The van der Waals surface area contributed by atoms with E-state index in [0.717, 1.165) is 5.56 Å². The zero-order valence-corrected chi connectivity index (χ0v) is 14.1. The molecule has 0 unspecified atom stereocenters. The van der Waals surface area contributed by atoms with Crippen molar-refractivity contribution in [3.63, 3.8) is 0 Å². The van der Waals surface area contributed by atoms with Crippen molar-refractivity contribution >= 4 is 11.8 Å². The summed E-state index contributed by atoms with van der Waals surface area (Å²) in [4.78, 5) is 1.68. The first-order chi connectivity index (χ1) is 12.5. The van der Waals surface area contributed by atoms with Crippen LogP contribution < -0.4 is 0 Å². The minimum absolute atomic E-state index is 0.0821. The first kappa shape index (κ1) is 18.1. The van der Waals surface area contributed by atoms with Crippen LogP contribution in [-0.4, -0.2) is 19.7 Å². The third-order valence-corrected chi connectivity index (χ3v) is 4.51. The molecule has 0 bridgehead atoms. The average Bonchev–Trinajstić information content (AvgIpc) is 3.00. The second-order valence-corrected chi connectivity index (χ2v) is 6.19. The highest BCUT2D eigenvalue weighted by Crippen LogP contribution is 2.33. The number of hydrogen-bond acceptors (Lipinski definition) is 4. The smallest absolute Gasteiger partial charge is 0.252 e. The number of rotatable bonds is 6. The Morgan fingerprint density at radius 3 is 2.27 bits per heavy atom. The van der Waals surface area contributed by atoms with Crippen LogP contribution in [0.5, 0.6) is 0 Å². The standard InChI is InChI=1S/C17H12F4N4S/c1-2-8-25-11(9-10-6-4-3-5-7-10)23-24-17(25)26-14-12(18)15(20)22-16(21)13(14)19/h2-7H,1,8-9H2. The molecule has 1 aromatic carbocycles. The van der Waals surface area contributed by atoms with Gasteiger partial charge in [0.05, 0.1) is 4.90 Å². The van der Waals surface area contributed by atoms with E-state index in [1.165, 1.54) is 0 Å². The fraction of sp³-hybridized carbons (Fsp3) is 0.118. The summed E-state index contributed by atoms with van der Waals surface area (Å²) >= 11 is 0.439. The van der Waals surface area contributed by atoms with Gasteiger partial charge in [0.15, 0.2) is 16.8 Å². The number of halogens is 4. The topological polar surface area (TPSA) is 43.6 Å². The lowest BCUT2D eigenvalue weighted by Gasteiger charge is -2.09. The van der Waals surface area contributed by atoms with Gasteiger partial charge in [-0.1, -0.05) is 36.4 Å². The van der Waals surface area contributed by atoms with Crippen LogP contribution in [0, 0.1) is 23.5 Å². The van der Waals surface area contributed by atoms with Crippen molar-refractivity contribution in [1.82, 2.24) is 19.7 Å². The third kappa shape index (κ3) is 3.62. The second-order valence-electron chi connectivity index (χ2n) is 5.21. The maximum atomic E-state index is 13.9. The van der Waals surface area contributed by atoms with Gasteiger partial charge < -0.3 is 4.57 Å². The summed E-state index contributed by atoms with van der Waals surface area (Å²) in [5, 5.41) is 8.01. The fourth-order valence-electron chi connectivity index (χ4n) is 2.27. The molecule has 2 aromatic heterocycles. The zero-order valence-electron chi connectivity index (χ0n) is 13.3. The van der Waals surface area contributed by atoms with Crippen LogP contribution in [0.1, 0.15) is 11.4 Å². The van der Waals surface area contributed by atoms with Crippen molar-refractivity contribution in [2.24, 2.45) is 0 Å². The second kappa shape index (κ2) is 7.69. The lowest BCUT2D eigenvalue weighted by Crippen LogP contribution is -2.06. The van der Waals surface area contributed by atoms with E-state index in [1.807, 2.05) is 30.3 Å². The van der Waals surface area contributed by atoms with Gasteiger partial charge in [0.1, 0.15) is 5.82 Å². The summed E-state index contributed by atoms with van der Waals surface area (Å²) < 4.78 is 55.9. The highest BCUT2D eigenvalue weighted by molar-refractivity contribution is 7.99. The molecule has 3 aromatic rings. The van der Waals surface area contributed by atoms with Gasteiger partial charge in [-0.05, 0) is 17.3 Å². The molecule has 0 aliphatic rings. The zero-order chi connectivity index (χ0) is 18.7. The Balaban J connectivity index is 1.98. The normalized spacial score (nSPS) is 10.9. The van der Waals surface area contributed by atoms with E-state index in [1.54, 1.807) is 10.6 Å². The van der Waals surface area contributed by atoms with Crippen LogP contribution in [0.15, 0.2) is 53.0 Å². The molecule has 0 saturated carbocycles. The highest BCUT2D eigenvalue weighted by Gasteiger charge is 2.24. The molecule has 0 radical (unpaired) electrons. The van der Waals surface area contributed by atoms with Gasteiger partial charge in [-0.2, -0.15) is 13.8 Å². The molecule has 3 rings (SSSR count). The molecule has 0 saturated heterocycles. The van der Waals surface area contributed by atoms with Crippen LogP contribution in [0.2, 0.25) is 0 Å². The summed E-state index contributed by atoms with van der Waals surface area (Å²) in [5.74, 6) is -6.07. The van der Waals surface area contributed by atoms with Crippen molar-refractivity contribution < 1.29 is 17.6 Å². The van der Waals surface area contributed by atoms with Gasteiger partial charge in [0.25, 0.3) is 11.9 Å². The quantitative estimate of drug-likeness (QED) is 0.366. The third-order valence-electron chi connectivity index (χ3n) is 3.46. The lowest BCUT2D eigenvalue weighted by atomic mass is 10.1. The minimum atomic E-state index is -1.72. The van der Waals surface area contributed by atoms with E-state index in [2.05, 4.69) is 21.8 Å². The molecule has 0 aliphatic heterocycles. The van der Waals surface area contributed by atoms with Crippen molar-refractivity contribution in [2.45, 2.75) is 23.0 Å². The van der Waals surface area contributed by atoms with Gasteiger partial charge in [-0.25, -0.2) is 8.78 Å². The van der Waals surface area contributed by atoms with Gasteiger partial charge in [-0.15, -0.1) is 16.8 Å². The first-order valence-corrected chi connectivity index (χ1v) is 8.27. The number of nitrogens with zero attached hydrogens (tertiary/aromatic N) is 4. The maximum absolute atomic E-state index is 13.9. The van der Waals surface area contributed by atoms with E-state index in [0.29, 0.717) is 24.0 Å². The molecule has 0 spiro atoms. The van der Waals surface area contributed by atoms with Gasteiger partial charge in [-0.3, -0.25) is 0 Å². The molecule has 26 heavy (non-hydrogen) atoms. The van der Waals surface area contributed by atoms with E-state index in [-0.39, 0.29) is 11.7 Å². The minimum Gasteiger partial charge on any atom is -0.302 e. The Labute approximate surface area is 150 Å². The lowest BCUT2D eigenvalue weighted by molar-refractivity contribution is 0.383. The summed E-state index contributed by atoms with van der Waals surface area (Å²) in [5.41, 5.74) is 0.958. The molecule has 0 aliphatic carbocycles. The summed E-state index contributed by atoms with van der Waals surface area (Å²) in [7, 11) is 0. The van der Waals surface area contributed by atoms with E-state index in [9.17, 15) is 17.6 Å². The summed E-state index contributed by atoms with van der Waals surface area (Å²) in [6.07, 6.45) is 1.98. The van der Waals surface area contributed by atoms with Crippen LogP contribution in [0.25, 0.3) is 0 Å². The number of allylic oxidation sites excluding steroid dienone is 1. The van der Waals surface area contributed by atoms with E-state index < -0.39 is 28.4 Å². The number of benzene rings is 1. The molecule has 9 heteroatoms. The molecule has 0 atom stereocenters. The SMILES string of the molecule is C=CCn1c(Cc2ccccc2)nnc1Sc1c(F)c(F)nc(F)c1F. The van der Waals surface area contributed by atoms with Crippen molar-refractivity contribution in [3.05, 3.63) is 77.9 Å². The van der Waals surface area contributed by atoms with Crippen LogP contribution in [0.4, 0.5) is 17.6 Å². The summed E-state index contributed by atoms with van der Waals surface area (Å²) in [6.45, 7) is 3.89.